The maximum absolute atomic E-state index is 9.26. The molecule has 0 unspecified atom stereocenters. The molecule has 1 aliphatic heterocycles. The molecule has 0 radical (unpaired) electrons. The van der Waals surface area contributed by atoms with Crippen LogP contribution in [0.1, 0.15) is 36.7 Å². The van der Waals surface area contributed by atoms with E-state index in [4.69, 9.17) is 0 Å². The summed E-state index contributed by atoms with van der Waals surface area (Å²) in [6.07, 6.45) is 2.43. The van der Waals surface area contributed by atoms with E-state index < -0.39 is 0 Å². The van der Waals surface area contributed by atoms with Gasteiger partial charge in [0.05, 0.1) is 16.9 Å². The highest BCUT2D eigenvalue weighted by molar-refractivity contribution is 5.61. The van der Waals surface area contributed by atoms with E-state index in [0.29, 0.717) is 0 Å². The Hall–Kier alpha value is -1.56. The molecule has 17 heavy (non-hydrogen) atoms. The van der Waals surface area contributed by atoms with Crippen LogP contribution in [0, 0.1) is 31.1 Å². The lowest BCUT2D eigenvalue weighted by atomic mass is 9.98. The van der Waals surface area contributed by atoms with Gasteiger partial charge < -0.3 is 4.90 Å². The van der Waals surface area contributed by atoms with Gasteiger partial charge in [-0.1, -0.05) is 6.92 Å². The van der Waals surface area contributed by atoms with Crippen LogP contribution in [-0.4, -0.2) is 18.1 Å². The third-order valence-electron chi connectivity index (χ3n) is 3.54. The van der Waals surface area contributed by atoms with Crippen LogP contribution in [0.2, 0.25) is 0 Å². The first-order chi connectivity index (χ1) is 8.11. The van der Waals surface area contributed by atoms with Gasteiger partial charge in [0, 0.05) is 18.8 Å². The fraction of sp³-hybridized carbons (Fsp3) is 0.571. The fourth-order valence-electron chi connectivity index (χ4n) is 2.45. The molecule has 1 saturated heterocycles. The number of hydrogen-bond acceptors (Lipinski definition) is 3. The van der Waals surface area contributed by atoms with Crippen molar-refractivity contribution in [2.24, 2.45) is 5.92 Å². The Balaban J connectivity index is 2.35. The van der Waals surface area contributed by atoms with Crippen molar-refractivity contribution in [2.75, 3.05) is 18.0 Å². The van der Waals surface area contributed by atoms with Crippen molar-refractivity contribution >= 4 is 5.69 Å². The van der Waals surface area contributed by atoms with Crippen LogP contribution in [0.4, 0.5) is 5.69 Å². The molecule has 3 heteroatoms. The van der Waals surface area contributed by atoms with Crippen LogP contribution in [0.25, 0.3) is 0 Å². The first-order valence-corrected chi connectivity index (χ1v) is 6.25. The van der Waals surface area contributed by atoms with Gasteiger partial charge in [0.1, 0.15) is 6.07 Å². The summed E-state index contributed by atoms with van der Waals surface area (Å²) in [4.78, 5) is 6.70. The molecule has 2 rings (SSSR count). The molecule has 1 aromatic rings. The maximum atomic E-state index is 9.26. The lowest BCUT2D eigenvalue weighted by molar-refractivity contribution is 0.438. The second-order valence-electron chi connectivity index (χ2n) is 5.02. The van der Waals surface area contributed by atoms with Gasteiger partial charge in [-0.25, -0.2) is 0 Å². The van der Waals surface area contributed by atoms with Crippen LogP contribution in [0.3, 0.4) is 0 Å². The Labute approximate surface area is 103 Å². The molecule has 0 aromatic carbocycles. The summed E-state index contributed by atoms with van der Waals surface area (Å²) in [5.41, 5.74) is 3.66. The summed E-state index contributed by atoms with van der Waals surface area (Å²) < 4.78 is 0. The molecular weight excluding hydrogens is 210 g/mol. The number of aromatic nitrogens is 1. The molecule has 0 atom stereocenters. The lowest BCUT2D eigenvalue weighted by Gasteiger charge is -2.33. The molecule has 0 amide bonds. The number of anilines is 1. The van der Waals surface area contributed by atoms with E-state index in [2.05, 4.69) is 22.9 Å². The van der Waals surface area contributed by atoms with Gasteiger partial charge in [0.2, 0.25) is 0 Å². The molecule has 0 saturated carbocycles. The second kappa shape index (κ2) is 4.75. The zero-order valence-electron chi connectivity index (χ0n) is 10.8. The van der Waals surface area contributed by atoms with Crippen molar-refractivity contribution < 1.29 is 0 Å². The Bertz CT molecular complexity index is 451. The maximum Gasteiger partial charge on any atom is 0.103 e. The topological polar surface area (TPSA) is 39.9 Å². The molecule has 0 N–H and O–H groups in total. The van der Waals surface area contributed by atoms with Crippen LogP contribution >= 0.6 is 0 Å². The van der Waals surface area contributed by atoms with Crippen LogP contribution in [0.5, 0.6) is 0 Å². The van der Waals surface area contributed by atoms with Crippen molar-refractivity contribution in [3.05, 3.63) is 23.0 Å². The van der Waals surface area contributed by atoms with E-state index in [-0.39, 0.29) is 0 Å². The molecule has 2 heterocycles. The molecule has 1 aromatic heterocycles. The van der Waals surface area contributed by atoms with Gasteiger partial charge in [0.15, 0.2) is 0 Å². The summed E-state index contributed by atoms with van der Waals surface area (Å²) in [6, 6.07) is 4.34. The van der Waals surface area contributed by atoms with Gasteiger partial charge in [0.25, 0.3) is 0 Å². The fourth-order valence-corrected chi connectivity index (χ4v) is 2.45. The van der Waals surface area contributed by atoms with Gasteiger partial charge >= 0.3 is 0 Å². The zero-order valence-corrected chi connectivity index (χ0v) is 10.8. The monoisotopic (exact) mass is 229 g/mol. The Morgan fingerprint density at radius 2 is 2.00 bits per heavy atom. The van der Waals surface area contributed by atoms with E-state index in [0.717, 1.165) is 41.6 Å². The Morgan fingerprint density at radius 3 is 2.59 bits per heavy atom. The Kier molecular flexibility index (Phi) is 3.33. The zero-order chi connectivity index (χ0) is 12.4. The van der Waals surface area contributed by atoms with E-state index in [1.807, 2.05) is 19.9 Å². The SMILES string of the molecule is Cc1cc(N2CCC(C)CC2)c(C#N)c(C)n1. The number of pyridine rings is 1. The van der Waals surface area contributed by atoms with Crippen molar-refractivity contribution in [1.82, 2.24) is 4.98 Å². The highest BCUT2D eigenvalue weighted by Gasteiger charge is 2.19. The predicted molar refractivity (Wildman–Crippen MR) is 69.0 cm³/mol. The molecule has 0 bridgehead atoms. The third-order valence-corrected chi connectivity index (χ3v) is 3.54. The molecule has 0 aliphatic carbocycles. The average Bonchev–Trinajstić information content (AvgIpc) is 2.29. The summed E-state index contributed by atoms with van der Waals surface area (Å²) in [6.45, 7) is 8.31. The molecule has 3 nitrogen and oxygen atoms in total. The second-order valence-corrected chi connectivity index (χ2v) is 5.02. The number of rotatable bonds is 1. The molecule has 1 aliphatic rings. The van der Waals surface area contributed by atoms with E-state index in [1.54, 1.807) is 0 Å². The molecule has 0 spiro atoms. The standard InChI is InChI=1S/C14H19N3/c1-10-4-6-17(7-5-10)14-8-11(2)16-12(3)13(14)9-15/h8,10H,4-7H2,1-3H3. The summed E-state index contributed by atoms with van der Waals surface area (Å²) in [5, 5.41) is 9.26. The van der Waals surface area contributed by atoms with Crippen molar-refractivity contribution in [1.29, 1.82) is 5.26 Å². The first-order valence-electron chi connectivity index (χ1n) is 6.25. The third kappa shape index (κ3) is 2.41. The van der Waals surface area contributed by atoms with Crippen LogP contribution in [-0.2, 0) is 0 Å². The van der Waals surface area contributed by atoms with Crippen LogP contribution < -0.4 is 4.90 Å². The van der Waals surface area contributed by atoms with Crippen molar-refractivity contribution in [2.45, 2.75) is 33.6 Å². The minimum atomic E-state index is 0.741. The number of aryl methyl sites for hydroxylation is 2. The highest BCUT2D eigenvalue weighted by atomic mass is 15.1. The Morgan fingerprint density at radius 1 is 1.35 bits per heavy atom. The quantitative estimate of drug-likeness (QED) is 0.743. The predicted octanol–water partition coefficient (Wildman–Crippen LogP) is 2.81. The number of nitriles is 1. The minimum Gasteiger partial charge on any atom is -0.370 e. The van der Waals surface area contributed by atoms with Gasteiger partial charge in [-0.3, -0.25) is 4.98 Å². The number of piperidine rings is 1. The summed E-state index contributed by atoms with van der Waals surface area (Å²) in [7, 11) is 0. The highest BCUT2D eigenvalue weighted by Crippen LogP contribution is 2.27. The normalized spacial score (nSPS) is 16.9. The minimum absolute atomic E-state index is 0.741. The van der Waals surface area contributed by atoms with Gasteiger partial charge in [-0.15, -0.1) is 0 Å². The van der Waals surface area contributed by atoms with E-state index in [9.17, 15) is 5.26 Å². The van der Waals surface area contributed by atoms with Crippen molar-refractivity contribution in [3.63, 3.8) is 0 Å². The summed E-state index contributed by atoms with van der Waals surface area (Å²) >= 11 is 0. The number of nitrogens with zero attached hydrogens (tertiary/aromatic N) is 3. The van der Waals surface area contributed by atoms with Crippen molar-refractivity contribution in [3.8, 4) is 6.07 Å². The smallest absolute Gasteiger partial charge is 0.103 e. The molecular formula is C14H19N3. The largest absolute Gasteiger partial charge is 0.370 e. The summed E-state index contributed by atoms with van der Waals surface area (Å²) in [5.74, 6) is 0.806. The lowest BCUT2D eigenvalue weighted by Crippen LogP contribution is -2.33. The van der Waals surface area contributed by atoms with Crippen LogP contribution in [0.15, 0.2) is 6.07 Å². The van der Waals surface area contributed by atoms with Gasteiger partial charge in [-0.2, -0.15) is 5.26 Å². The molecule has 1 fully saturated rings. The van der Waals surface area contributed by atoms with Gasteiger partial charge in [-0.05, 0) is 38.7 Å². The average molecular weight is 229 g/mol. The van der Waals surface area contributed by atoms with E-state index >= 15 is 0 Å². The number of hydrogen-bond donors (Lipinski definition) is 0. The van der Waals surface area contributed by atoms with E-state index in [1.165, 1.54) is 12.8 Å². The molecule has 90 valence electrons. The first kappa shape index (κ1) is 11.9.